The first-order valence-corrected chi connectivity index (χ1v) is 7.10. The largest absolute Gasteiger partial charge is 0.497 e. The molecule has 0 aliphatic rings. The topological polar surface area (TPSA) is 77.7 Å². The number of methoxy groups -OCH3 is 2. The van der Waals surface area contributed by atoms with E-state index in [1.165, 1.54) is 10.9 Å². The monoisotopic (exact) mass is 336 g/mol. The highest BCUT2D eigenvalue weighted by Gasteiger charge is 2.18. The number of hydrogen-bond acceptors (Lipinski definition) is 5. The lowest BCUT2D eigenvalue weighted by molar-refractivity contribution is 0.0946. The standard InChI is InChI=1S/C15H17ClN4O3/c1-9-13(16)14(20(2)19-9)15(21)18-17-8-10-5-6-11(22-3)7-12(10)23-4/h5-8H,1-4H3,(H,18,21)/b17-8+. The number of aryl methyl sites for hydroxylation is 2. The van der Waals surface area contributed by atoms with Crippen LogP contribution in [0.3, 0.4) is 0 Å². The number of hydrazone groups is 1. The summed E-state index contributed by atoms with van der Waals surface area (Å²) >= 11 is 6.06. The molecule has 0 bridgehead atoms. The van der Waals surface area contributed by atoms with Crippen LogP contribution in [0.2, 0.25) is 5.02 Å². The second kappa shape index (κ2) is 7.15. The van der Waals surface area contributed by atoms with E-state index in [-0.39, 0.29) is 5.69 Å². The molecule has 1 amide bonds. The van der Waals surface area contributed by atoms with Crippen LogP contribution in [-0.4, -0.2) is 36.1 Å². The first-order valence-electron chi connectivity index (χ1n) is 6.72. The number of carbonyl (C=O) groups excluding carboxylic acids is 1. The van der Waals surface area contributed by atoms with Gasteiger partial charge in [-0.25, -0.2) is 5.43 Å². The average Bonchev–Trinajstić information content (AvgIpc) is 2.80. The van der Waals surface area contributed by atoms with E-state index in [1.807, 2.05) is 0 Å². The molecule has 0 aliphatic heterocycles. The maximum absolute atomic E-state index is 12.1. The Hall–Kier alpha value is -2.54. The Balaban J connectivity index is 2.14. The lowest BCUT2D eigenvalue weighted by atomic mass is 10.2. The number of nitrogens with one attached hydrogen (secondary N) is 1. The van der Waals surface area contributed by atoms with E-state index in [4.69, 9.17) is 21.1 Å². The molecule has 23 heavy (non-hydrogen) atoms. The van der Waals surface area contributed by atoms with E-state index in [9.17, 15) is 4.79 Å². The van der Waals surface area contributed by atoms with Gasteiger partial charge in [0.05, 0.1) is 31.2 Å². The third-order valence-corrected chi connectivity index (χ3v) is 3.63. The lowest BCUT2D eigenvalue weighted by Crippen LogP contribution is -2.21. The molecule has 122 valence electrons. The first kappa shape index (κ1) is 16.8. The summed E-state index contributed by atoms with van der Waals surface area (Å²) in [5, 5.41) is 8.32. The quantitative estimate of drug-likeness (QED) is 0.670. The van der Waals surface area contributed by atoms with Gasteiger partial charge in [0.25, 0.3) is 5.91 Å². The number of benzene rings is 1. The number of hydrogen-bond donors (Lipinski definition) is 1. The number of halogens is 1. The van der Waals surface area contributed by atoms with Crippen molar-refractivity contribution in [3.63, 3.8) is 0 Å². The zero-order chi connectivity index (χ0) is 17.0. The predicted molar refractivity (Wildman–Crippen MR) is 87.6 cm³/mol. The third kappa shape index (κ3) is 3.62. The van der Waals surface area contributed by atoms with E-state index in [1.54, 1.807) is 46.4 Å². The highest BCUT2D eigenvalue weighted by Crippen LogP contribution is 2.23. The van der Waals surface area contributed by atoms with Crippen LogP contribution in [-0.2, 0) is 7.05 Å². The van der Waals surface area contributed by atoms with Crippen molar-refractivity contribution in [2.45, 2.75) is 6.92 Å². The minimum atomic E-state index is -0.443. The predicted octanol–water partition coefficient (Wildman–Crippen LogP) is 2.16. The fourth-order valence-corrected chi connectivity index (χ4v) is 2.26. The second-order valence-corrected chi connectivity index (χ2v) is 5.06. The molecule has 2 aromatic rings. The van der Waals surface area contributed by atoms with E-state index < -0.39 is 5.91 Å². The normalized spacial score (nSPS) is 10.8. The van der Waals surface area contributed by atoms with Crippen molar-refractivity contribution < 1.29 is 14.3 Å². The van der Waals surface area contributed by atoms with Crippen LogP contribution in [0.1, 0.15) is 21.7 Å². The summed E-state index contributed by atoms with van der Waals surface area (Å²) in [6.07, 6.45) is 1.48. The molecule has 1 aromatic carbocycles. The Morgan fingerprint density at radius 1 is 1.39 bits per heavy atom. The molecule has 1 heterocycles. The Morgan fingerprint density at radius 3 is 2.70 bits per heavy atom. The number of nitrogens with zero attached hydrogens (tertiary/aromatic N) is 3. The van der Waals surface area contributed by atoms with Crippen LogP contribution in [0, 0.1) is 6.92 Å². The summed E-state index contributed by atoms with van der Waals surface area (Å²) in [6.45, 7) is 1.73. The molecule has 0 saturated carbocycles. The number of rotatable bonds is 5. The smallest absolute Gasteiger partial charge is 0.291 e. The van der Waals surface area contributed by atoms with E-state index >= 15 is 0 Å². The molecule has 0 aliphatic carbocycles. The van der Waals surface area contributed by atoms with Crippen LogP contribution in [0.5, 0.6) is 11.5 Å². The van der Waals surface area contributed by atoms with Gasteiger partial charge in [-0.2, -0.15) is 10.2 Å². The second-order valence-electron chi connectivity index (χ2n) is 4.68. The summed E-state index contributed by atoms with van der Waals surface area (Å²) in [6, 6.07) is 5.27. The van der Waals surface area contributed by atoms with Crippen LogP contribution in [0.15, 0.2) is 23.3 Å². The Morgan fingerprint density at radius 2 is 2.13 bits per heavy atom. The van der Waals surface area contributed by atoms with E-state index in [0.717, 1.165) is 0 Å². The molecule has 2 rings (SSSR count). The molecular weight excluding hydrogens is 320 g/mol. The van der Waals surface area contributed by atoms with Crippen LogP contribution in [0.25, 0.3) is 0 Å². The summed E-state index contributed by atoms with van der Waals surface area (Å²) in [7, 11) is 4.76. The van der Waals surface area contributed by atoms with Crippen molar-refractivity contribution in [3.05, 3.63) is 40.2 Å². The number of amides is 1. The molecular formula is C15H17ClN4O3. The fourth-order valence-electron chi connectivity index (χ4n) is 2.02. The van der Waals surface area contributed by atoms with Crippen molar-refractivity contribution in [1.82, 2.24) is 15.2 Å². The fraction of sp³-hybridized carbons (Fsp3) is 0.267. The van der Waals surface area contributed by atoms with Crippen LogP contribution in [0.4, 0.5) is 0 Å². The van der Waals surface area contributed by atoms with Crippen molar-refractivity contribution in [2.24, 2.45) is 12.1 Å². The highest BCUT2D eigenvalue weighted by atomic mass is 35.5. The average molecular weight is 337 g/mol. The Kier molecular flexibility index (Phi) is 5.23. The molecule has 0 unspecified atom stereocenters. The van der Waals surface area contributed by atoms with Gasteiger partial charge in [-0.1, -0.05) is 11.6 Å². The summed E-state index contributed by atoms with van der Waals surface area (Å²) in [4.78, 5) is 12.1. The maximum atomic E-state index is 12.1. The summed E-state index contributed by atoms with van der Waals surface area (Å²) < 4.78 is 11.8. The Bertz CT molecular complexity index is 755. The zero-order valence-corrected chi connectivity index (χ0v) is 14.0. The van der Waals surface area contributed by atoms with Gasteiger partial charge in [0, 0.05) is 18.7 Å². The van der Waals surface area contributed by atoms with Gasteiger partial charge >= 0.3 is 0 Å². The summed E-state index contributed by atoms with van der Waals surface area (Å²) in [5.74, 6) is 0.804. The van der Waals surface area contributed by atoms with Gasteiger partial charge in [-0.15, -0.1) is 0 Å². The Labute approximate surface area is 138 Å². The van der Waals surface area contributed by atoms with Crippen molar-refractivity contribution in [2.75, 3.05) is 14.2 Å². The molecule has 0 spiro atoms. The molecule has 0 atom stereocenters. The number of ether oxygens (including phenoxy) is 2. The SMILES string of the molecule is COc1ccc(/C=N/NC(=O)c2c(Cl)c(C)nn2C)c(OC)c1. The maximum Gasteiger partial charge on any atom is 0.291 e. The number of carbonyl (C=O) groups is 1. The van der Waals surface area contributed by atoms with Gasteiger partial charge in [-0.3, -0.25) is 9.48 Å². The van der Waals surface area contributed by atoms with Gasteiger partial charge in [-0.05, 0) is 19.1 Å². The minimum absolute atomic E-state index is 0.253. The van der Waals surface area contributed by atoms with E-state index in [0.29, 0.717) is 27.8 Å². The van der Waals surface area contributed by atoms with Crippen molar-refractivity contribution >= 4 is 23.7 Å². The van der Waals surface area contributed by atoms with Crippen LogP contribution < -0.4 is 14.9 Å². The first-order chi connectivity index (χ1) is 11.0. The highest BCUT2D eigenvalue weighted by molar-refractivity contribution is 6.34. The van der Waals surface area contributed by atoms with Gasteiger partial charge in [0.2, 0.25) is 0 Å². The van der Waals surface area contributed by atoms with Gasteiger partial charge in [0.15, 0.2) is 0 Å². The molecule has 1 N–H and O–H groups in total. The van der Waals surface area contributed by atoms with Crippen LogP contribution >= 0.6 is 11.6 Å². The third-order valence-electron chi connectivity index (χ3n) is 3.17. The van der Waals surface area contributed by atoms with Crippen molar-refractivity contribution in [1.29, 1.82) is 0 Å². The molecule has 8 heteroatoms. The lowest BCUT2D eigenvalue weighted by Gasteiger charge is -2.07. The minimum Gasteiger partial charge on any atom is -0.497 e. The molecule has 0 fully saturated rings. The molecule has 1 aromatic heterocycles. The molecule has 0 saturated heterocycles. The van der Waals surface area contributed by atoms with E-state index in [2.05, 4.69) is 15.6 Å². The summed E-state index contributed by atoms with van der Waals surface area (Å²) in [5.41, 5.74) is 3.95. The number of aromatic nitrogens is 2. The van der Waals surface area contributed by atoms with Gasteiger partial charge in [0.1, 0.15) is 17.2 Å². The van der Waals surface area contributed by atoms with Crippen molar-refractivity contribution in [3.8, 4) is 11.5 Å². The molecule has 7 nitrogen and oxygen atoms in total. The van der Waals surface area contributed by atoms with Gasteiger partial charge < -0.3 is 9.47 Å². The zero-order valence-electron chi connectivity index (χ0n) is 13.3. The molecule has 0 radical (unpaired) electrons.